The lowest BCUT2D eigenvalue weighted by Crippen LogP contribution is -2.49. The quantitative estimate of drug-likeness (QED) is 0.895. The first-order chi connectivity index (χ1) is 11.8. The smallest absolute Gasteiger partial charge is 0.171 e. The lowest BCUT2D eigenvalue weighted by molar-refractivity contribution is 0.174. The van der Waals surface area contributed by atoms with E-state index in [4.69, 9.17) is 9.47 Å². The van der Waals surface area contributed by atoms with Gasteiger partial charge in [0, 0.05) is 24.2 Å². The number of halogens is 1. The number of hydrogen-bond acceptors (Lipinski definition) is 5. The molecule has 128 valence electrons. The van der Waals surface area contributed by atoms with Gasteiger partial charge in [-0.05, 0) is 49.7 Å². The summed E-state index contributed by atoms with van der Waals surface area (Å²) in [6, 6.07) is 5.82. The van der Waals surface area contributed by atoms with Crippen LogP contribution in [0.2, 0.25) is 0 Å². The fraction of sp³-hybridized carbons (Fsp3) is 0.500. The number of pyridine rings is 1. The third-order valence-corrected chi connectivity index (χ3v) is 4.71. The maximum Gasteiger partial charge on any atom is 0.171 e. The monoisotopic (exact) mass is 331 g/mol. The molecule has 1 aromatic heterocycles. The molecule has 0 radical (unpaired) electrons. The van der Waals surface area contributed by atoms with Crippen molar-refractivity contribution in [3.8, 4) is 11.5 Å². The molecule has 0 aliphatic carbocycles. The van der Waals surface area contributed by atoms with Crippen LogP contribution in [-0.4, -0.2) is 50.0 Å². The standard InChI is InChI=1S/C18H22FN3O2/c19-13-11-20-6-5-14(13)21-7-3-12-4-8-22-15-1-2-16-18(17(12)15)24-10-9-23-16/h1-2,4,8,13-14,20-21H,3,5-7,9-11H2/t13-,14+/m0/s1. The van der Waals surface area contributed by atoms with E-state index in [-0.39, 0.29) is 6.04 Å². The molecule has 2 atom stereocenters. The normalized spacial score (nSPS) is 23.4. The fourth-order valence-electron chi connectivity index (χ4n) is 3.47. The number of alkyl halides is 1. The van der Waals surface area contributed by atoms with Crippen LogP contribution in [0.15, 0.2) is 24.4 Å². The summed E-state index contributed by atoms with van der Waals surface area (Å²) in [5.74, 6) is 1.56. The molecule has 0 unspecified atom stereocenters. The van der Waals surface area contributed by atoms with Gasteiger partial charge in [-0.25, -0.2) is 4.39 Å². The molecule has 6 heteroatoms. The molecule has 0 amide bonds. The highest BCUT2D eigenvalue weighted by Crippen LogP contribution is 2.38. The summed E-state index contributed by atoms with van der Waals surface area (Å²) < 4.78 is 25.4. The Morgan fingerprint density at radius 2 is 2.17 bits per heavy atom. The number of hydrogen-bond donors (Lipinski definition) is 2. The van der Waals surface area contributed by atoms with E-state index < -0.39 is 6.17 Å². The maximum atomic E-state index is 13.9. The highest BCUT2D eigenvalue weighted by molar-refractivity contribution is 5.91. The fourth-order valence-corrected chi connectivity index (χ4v) is 3.47. The van der Waals surface area contributed by atoms with Gasteiger partial charge >= 0.3 is 0 Å². The number of aromatic nitrogens is 1. The molecule has 1 fully saturated rings. The molecule has 1 aromatic carbocycles. The summed E-state index contributed by atoms with van der Waals surface area (Å²) >= 11 is 0. The van der Waals surface area contributed by atoms with Crippen LogP contribution >= 0.6 is 0 Å². The highest BCUT2D eigenvalue weighted by Gasteiger charge is 2.24. The molecule has 5 nitrogen and oxygen atoms in total. The molecule has 0 saturated carbocycles. The predicted molar refractivity (Wildman–Crippen MR) is 90.6 cm³/mol. The van der Waals surface area contributed by atoms with Crippen molar-refractivity contribution in [3.63, 3.8) is 0 Å². The summed E-state index contributed by atoms with van der Waals surface area (Å²) in [6.45, 7) is 3.17. The molecule has 4 rings (SSSR count). The first-order valence-corrected chi connectivity index (χ1v) is 8.57. The maximum absolute atomic E-state index is 13.9. The van der Waals surface area contributed by atoms with Crippen molar-refractivity contribution < 1.29 is 13.9 Å². The number of ether oxygens (including phenoxy) is 2. The Balaban J connectivity index is 1.53. The zero-order valence-electron chi connectivity index (χ0n) is 13.6. The lowest BCUT2D eigenvalue weighted by Gasteiger charge is -2.27. The Labute approximate surface area is 140 Å². The summed E-state index contributed by atoms with van der Waals surface area (Å²) in [4.78, 5) is 4.44. The second-order valence-electron chi connectivity index (χ2n) is 6.27. The molecule has 24 heavy (non-hydrogen) atoms. The molecule has 2 aliphatic heterocycles. The SMILES string of the molecule is F[C@H]1CNCC[C@H]1NCCc1ccnc2ccc3c(c12)OCCO3. The van der Waals surface area contributed by atoms with E-state index in [1.165, 1.54) is 0 Å². The van der Waals surface area contributed by atoms with Crippen LogP contribution in [0.3, 0.4) is 0 Å². The van der Waals surface area contributed by atoms with Crippen LogP contribution in [0.25, 0.3) is 10.9 Å². The van der Waals surface area contributed by atoms with Crippen LogP contribution in [0.1, 0.15) is 12.0 Å². The summed E-state index contributed by atoms with van der Waals surface area (Å²) in [7, 11) is 0. The third kappa shape index (κ3) is 3.03. The molecule has 2 N–H and O–H groups in total. The van der Waals surface area contributed by atoms with E-state index in [0.717, 1.165) is 53.9 Å². The number of piperidine rings is 1. The number of rotatable bonds is 4. The highest BCUT2D eigenvalue weighted by atomic mass is 19.1. The van der Waals surface area contributed by atoms with Crippen LogP contribution in [-0.2, 0) is 6.42 Å². The summed E-state index contributed by atoms with van der Waals surface area (Å²) in [5, 5.41) is 7.45. The molecular weight excluding hydrogens is 309 g/mol. The average molecular weight is 331 g/mol. The van der Waals surface area contributed by atoms with Gasteiger partial charge in [-0.2, -0.15) is 0 Å². The zero-order chi connectivity index (χ0) is 16.4. The van der Waals surface area contributed by atoms with E-state index in [9.17, 15) is 4.39 Å². The minimum atomic E-state index is -0.822. The van der Waals surface area contributed by atoms with Gasteiger partial charge in [0.1, 0.15) is 19.4 Å². The van der Waals surface area contributed by atoms with Crippen molar-refractivity contribution in [2.75, 3.05) is 32.8 Å². The molecular formula is C18H22FN3O2. The molecule has 1 saturated heterocycles. The number of fused-ring (bicyclic) bond motifs is 3. The first-order valence-electron chi connectivity index (χ1n) is 8.57. The van der Waals surface area contributed by atoms with E-state index in [1.54, 1.807) is 0 Å². The Hall–Kier alpha value is -1.92. The Morgan fingerprint density at radius 3 is 3.08 bits per heavy atom. The van der Waals surface area contributed by atoms with Gasteiger partial charge in [0.25, 0.3) is 0 Å². The molecule has 2 aromatic rings. The predicted octanol–water partition coefficient (Wildman–Crippen LogP) is 1.84. The minimum absolute atomic E-state index is 0.0622. The van der Waals surface area contributed by atoms with Gasteiger partial charge in [-0.15, -0.1) is 0 Å². The van der Waals surface area contributed by atoms with Crippen LogP contribution in [0, 0.1) is 0 Å². The number of nitrogens with one attached hydrogen (secondary N) is 2. The Kier molecular flexibility index (Phi) is 4.49. The largest absolute Gasteiger partial charge is 0.486 e. The van der Waals surface area contributed by atoms with Crippen LogP contribution in [0.5, 0.6) is 11.5 Å². The van der Waals surface area contributed by atoms with Gasteiger partial charge in [0.2, 0.25) is 0 Å². The van der Waals surface area contributed by atoms with E-state index in [1.807, 2.05) is 24.4 Å². The number of benzene rings is 1. The van der Waals surface area contributed by atoms with Crippen molar-refractivity contribution in [2.45, 2.75) is 25.1 Å². The number of nitrogens with zero attached hydrogens (tertiary/aromatic N) is 1. The van der Waals surface area contributed by atoms with E-state index >= 15 is 0 Å². The zero-order valence-corrected chi connectivity index (χ0v) is 13.6. The molecule has 0 spiro atoms. The summed E-state index contributed by atoms with van der Waals surface area (Å²) in [5.41, 5.74) is 2.06. The topological polar surface area (TPSA) is 55.4 Å². The van der Waals surface area contributed by atoms with Crippen LogP contribution in [0.4, 0.5) is 4.39 Å². The van der Waals surface area contributed by atoms with E-state index in [2.05, 4.69) is 15.6 Å². The summed E-state index contributed by atoms with van der Waals surface area (Å²) in [6.07, 6.45) is 2.62. The third-order valence-electron chi connectivity index (χ3n) is 4.71. The Morgan fingerprint density at radius 1 is 1.25 bits per heavy atom. The van der Waals surface area contributed by atoms with Gasteiger partial charge in [-0.1, -0.05) is 0 Å². The minimum Gasteiger partial charge on any atom is -0.486 e. The van der Waals surface area contributed by atoms with Gasteiger partial charge < -0.3 is 20.1 Å². The second kappa shape index (κ2) is 6.91. The lowest BCUT2D eigenvalue weighted by atomic mass is 10.0. The molecule has 3 heterocycles. The van der Waals surface area contributed by atoms with Crippen LogP contribution < -0.4 is 20.1 Å². The van der Waals surface area contributed by atoms with Crippen molar-refractivity contribution in [1.29, 1.82) is 0 Å². The first kappa shape index (κ1) is 15.6. The average Bonchev–Trinajstić information content (AvgIpc) is 2.63. The van der Waals surface area contributed by atoms with Crippen molar-refractivity contribution in [1.82, 2.24) is 15.6 Å². The Bertz CT molecular complexity index is 725. The van der Waals surface area contributed by atoms with Crippen molar-refractivity contribution >= 4 is 10.9 Å². The second-order valence-corrected chi connectivity index (χ2v) is 6.27. The van der Waals surface area contributed by atoms with Gasteiger partial charge in [0.05, 0.1) is 5.52 Å². The van der Waals surface area contributed by atoms with E-state index in [0.29, 0.717) is 19.8 Å². The van der Waals surface area contributed by atoms with Gasteiger partial charge in [0.15, 0.2) is 11.5 Å². The van der Waals surface area contributed by atoms with Crippen molar-refractivity contribution in [2.24, 2.45) is 0 Å². The molecule has 0 bridgehead atoms. The van der Waals surface area contributed by atoms with Gasteiger partial charge in [-0.3, -0.25) is 4.98 Å². The van der Waals surface area contributed by atoms with Crippen molar-refractivity contribution in [3.05, 3.63) is 30.0 Å². The molecule has 2 aliphatic rings.